The number of rotatable bonds is 7. The fourth-order valence-electron chi connectivity index (χ4n) is 3.88. The molecule has 0 saturated carbocycles. The number of carbonyl (C=O) groups is 2. The summed E-state index contributed by atoms with van der Waals surface area (Å²) < 4.78 is 2.15. The summed E-state index contributed by atoms with van der Waals surface area (Å²) >= 11 is 5.93. The number of aryl methyl sites for hydroxylation is 2. The van der Waals surface area contributed by atoms with Gasteiger partial charge in [-0.05, 0) is 63.4 Å². The molecule has 3 rings (SSSR count). The van der Waals surface area contributed by atoms with E-state index in [0.29, 0.717) is 18.5 Å². The number of hydrogen-bond donors (Lipinski definition) is 1. The molecule has 0 aliphatic carbocycles. The second kappa shape index (κ2) is 8.28. The van der Waals surface area contributed by atoms with Gasteiger partial charge in [0.05, 0.1) is 6.54 Å². The summed E-state index contributed by atoms with van der Waals surface area (Å²) in [4.78, 5) is 25.9. The minimum absolute atomic E-state index is 0.00556. The van der Waals surface area contributed by atoms with E-state index in [1.807, 2.05) is 44.2 Å². The van der Waals surface area contributed by atoms with Crippen molar-refractivity contribution in [1.82, 2.24) is 9.47 Å². The predicted octanol–water partition coefficient (Wildman–Crippen LogP) is 3.73. The molecule has 5 nitrogen and oxygen atoms in total. The standard InChI is InChI=1S/C21H25ClN2O3/c1-14-12-18(20(25)13-23-10-3-4-19(23)21(26)27)15(2)24(14)11-9-16-5-7-17(22)8-6-16/h5-8,12,19H,3-4,9-11,13H2,1-2H3,(H,26,27)/t19-/m0/s1. The largest absolute Gasteiger partial charge is 0.480 e. The van der Waals surface area contributed by atoms with Gasteiger partial charge in [0.15, 0.2) is 5.78 Å². The molecule has 1 aliphatic heterocycles. The fourth-order valence-corrected chi connectivity index (χ4v) is 4.01. The maximum Gasteiger partial charge on any atom is 0.320 e. The Morgan fingerprint density at radius 2 is 1.93 bits per heavy atom. The molecule has 0 amide bonds. The molecule has 2 aromatic rings. The van der Waals surface area contributed by atoms with E-state index in [1.165, 1.54) is 5.56 Å². The number of carboxylic acid groups (broad SMARTS) is 1. The highest BCUT2D eigenvalue weighted by Gasteiger charge is 2.32. The van der Waals surface area contributed by atoms with Crippen molar-refractivity contribution in [3.05, 3.63) is 57.9 Å². The van der Waals surface area contributed by atoms with Crippen molar-refractivity contribution >= 4 is 23.4 Å². The van der Waals surface area contributed by atoms with Crippen LogP contribution in [-0.2, 0) is 17.8 Å². The Labute approximate surface area is 164 Å². The topological polar surface area (TPSA) is 62.5 Å². The van der Waals surface area contributed by atoms with Crippen molar-refractivity contribution in [1.29, 1.82) is 0 Å². The summed E-state index contributed by atoms with van der Waals surface area (Å²) in [7, 11) is 0. The van der Waals surface area contributed by atoms with E-state index in [2.05, 4.69) is 4.57 Å². The summed E-state index contributed by atoms with van der Waals surface area (Å²) in [6.07, 6.45) is 2.29. The molecule has 1 atom stereocenters. The molecular formula is C21H25ClN2O3. The van der Waals surface area contributed by atoms with Crippen LogP contribution < -0.4 is 0 Å². The van der Waals surface area contributed by atoms with E-state index in [1.54, 1.807) is 4.90 Å². The van der Waals surface area contributed by atoms with Crippen LogP contribution in [0.1, 0.15) is 40.2 Å². The molecule has 0 unspecified atom stereocenters. The molecule has 0 bridgehead atoms. The summed E-state index contributed by atoms with van der Waals surface area (Å²) in [6, 6.07) is 9.18. The molecule has 1 aromatic heterocycles. The molecule has 6 heteroatoms. The third-order valence-electron chi connectivity index (χ3n) is 5.41. The van der Waals surface area contributed by atoms with Crippen LogP contribution >= 0.6 is 11.6 Å². The van der Waals surface area contributed by atoms with Gasteiger partial charge < -0.3 is 9.67 Å². The molecular weight excluding hydrogens is 364 g/mol. The number of hydrogen-bond acceptors (Lipinski definition) is 3. The number of likely N-dealkylation sites (tertiary alicyclic amines) is 1. The van der Waals surface area contributed by atoms with Gasteiger partial charge >= 0.3 is 5.97 Å². The van der Waals surface area contributed by atoms with Crippen LogP contribution in [0.3, 0.4) is 0 Å². The van der Waals surface area contributed by atoms with E-state index in [0.717, 1.165) is 35.8 Å². The van der Waals surface area contributed by atoms with Crippen LogP contribution in [0.4, 0.5) is 0 Å². The quantitative estimate of drug-likeness (QED) is 0.734. The monoisotopic (exact) mass is 388 g/mol. The van der Waals surface area contributed by atoms with Crippen LogP contribution in [0.2, 0.25) is 5.02 Å². The smallest absolute Gasteiger partial charge is 0.320 e. The Morgan fingerprint density at radius 3 is 2.59 bits per heavy atom. The Bertz CT molecular complexity index is 842. The number of carboxylic acids is 1. The Morgan fingerprint density at radius 1 is 1.22 bits per heavy atom. The molecule has 27 heavy (non-hydrogen) atoms. The van der Waals surface area contributed by atoms with Crippen molar-refractivity contribution in [2.75, 3.05) is 13.1 Å². The predicted molar refractivity (Wildman–Crippen MR) is 106 cm³/mol. The minimum Gasteiger partial charge on any atom is -0.480 e. The lowest BCUT2D eigenvalue weighted by Crippen LogP contribution is -2.39. The number of nitrogens with zero attached hydrogens (tertiary/aromatic N) is 2. The van der Waals surface area contributed by atoms with Crippen LogP contribution in [-0.4, -0.2) is 45.5 Å². The SMILES string of the molecule is Cc1cc(C(=O)CN2CCC[C@H]2C(=O)O)c(C)n1CCc1ccc(Cl)cc1. The number of aliphatic carboxylic acids is 1. The zero-order valence-electron chi connectivity index (χ0n) is 15.7. The zero-order chi connectivity index (χ0) is 19.6. The molecule has 1 aromatic carbocycles. The van der Waals surface area contributed by atoms with Crippen molar-refractivity contribution in [2.24, 2.45) is 0 Å². The van der Waals surface area contributed by atoms with E-state index in [-0.39, 0.29) is 12.3 Å². The van der Waals surface area contributed by atoms with Crippen molar-refractivity contribution in [2.45, 2.75) is 45.7 Å². The van der Waals surface area contributed by atoms with Gasteiger partial charge in [-0.25, -0.2) is 0 Å². The van der Waals surface area contributed by atoms with Gasteiger partial charge in [-0.2, -0.15) is 0 Å². The van der Waals surface area contributed by atoms with Crippen molar-refractivity contribution in [3.63, 3.8) is 0 Å². The van der Waals surface area contributed by atoms with Gasteiger partial charge in [0.25, 0.3) is 0 Å². The van der Waals surface area contributed by atoms with Gasteiger partial charge in [-0.15, -0.1) is 0 Å². The molecule has 1 aliphatic rings. The Hall–Kier alpha value is -2.11. The van der Waals surface area contributed by atoms with Gasteiger partial charge in [0.1, 0.15) is 6.04 Å². The highest BCUT2D eigenvalue weighted by Crippen LogP contribution is 2.21. The van der Waals surface area contributed by atoms with Crippen LogP contribution in [0.15, 0.2) is 30.3 Å². The Kier molecular flexibility index (Phi) is 6.02. The highest BCUT2D eigenvalue weighted by molar-refractivity contribution is 6.30. The van der Waals surface area contributed by atoms with Gasteiger partial charge in [-0.1, -0.05) is 23.7 Å². The third-order valence-corrected chi connectivity index (χ3v) is 5.66. The first-order valence-electron chi connectivity index (χ1n) is 9.28. The normalized spacial score (nSPS) is 17.4. The van der Waals surface area contributed by atoms with E-state index < -0.39 is 12.0 Å². The molecule has 2 heterocycles. The lowest BCUT2D eigenvalue weighted by Gasteiger charge is -2.20. The molecule has 0 spiro atoms. The van der Waals surface area contributed by atoms with Crippen molar-refractivity contribution in [3.8, 4) is 0 Å². The fraction of sp³-hybridized carbons (Fsp3) is 0.429. The summed E-state index contributed by atoms with van der Waals surface area (Å²) in [5.74, 6) is -0.845. The number of benzene rings is 1. The second-order valence-corrected chi connectivity index (χ2v) is 7.64. The van der Waals surface area contributed by atoms with E-state index in [4.69, 9.17) is 11.6 Å². The third kappa shape index (κ3) is 4.42. The molecule has 0 radical (unpaired) electrons. The lowest BCUT2D eigenvalue weighted by atomic mass is 10.1. The average Bonchev–Trinajstić information content (AvgIpc) is 3.19. The summed E-state index contributed by atoms with van der Waals surface area (Å²) in [5.41, 5.74) is 3.87. The number of halogens is 1. The maximum absolute atomic E-state index is 12.8. The average molecular weight is 389 g/mol. The van der Waals surface area contributed by atoms with Gasteiger partial charge in [0.2, 0.25) is 0 Å². The first-order valence-corrected chi connectivity index (χ1v) is 9.66. The molecule has 144 valence electrons. The number of Topliss-reactive ketones (excluding diaryl/α,β-unsaturated/α-hetero) is 1. The zero-order valence-corrected chi connectivity index (χ0v) is 16.5. The van der Waals surface area contributed by atoms with Gasteiger partial charge in [-0.3, -0.25) is 14.5 Å². The molecule has 1 saturated heterocycles. The highest BCUT2D eigenvalue weighted by atomic mass is 35.5. The lowest BCUT2D eigenvalue weighted by molar-refractivity contribution is -0.141. The first kappa shape index (κ1) is 19.6. The second-order valence-electron chi connectivity index (χ2n) is 7.20. The molecule has 1 N–H and O–H groups in total. The van der Waals surface area contributed by atoms with E-state index in [9.17, 15) is 14.7 Å². The number of carbonyl (C=O) groups excluding carboxylic acids is 1. The first-order chi connectivity index (χ1) is 12.9. The summed E-state index contributed by atoms with van der Waals surface area (Å²) in [5, 5.41) is 10.0. The number of ketones is 1. The minimum atomic E-state index is -0.839. The van der Waals surface area contributed by atoms with Gasteiger partial charge in [0, 0.05) is 28.5 Å². The number of aromatic nitrogens is 1. The van der Waals surface area contributed by atoms with Crippen LogP contribution in [0, 0.1) is 13.8 Å². The Balaban J connectivity index is 1.70. The maximum atomic E-state index is 12.8. The van der Waals surface area contributed by atoms with Crippen molar-refractivity contribution < 1.29 is 14.7 Å². The van der Waals surface area contributed by atoms with Crippen LogP contribution in [0.25, 0.3) is 0 Å². The van der Waals surface area contributed by atoms with Crippen LogP contribution in [0.5, 0.6) is 0 Å². The molecule has 1 fully saturated rings. The van der Waals surface area contributed by atoms with E-state index >= 15 is 0 Å². The summed E-state index contributed by atoms with van der Waals surface area (Å²) in [6.45, 7) is 5.58.